The normalized spacial score (nSPS) is 16.8. The number of carbonyl (C=O) groups is 1. The average molecular weight is 320 g/mol. The van der Waals surface area contributed by atoms with E-state index in [1.807, 2.05) is 43.3 Å². The van der Waals surface area contributed by atoms with Gasteiger partial charge in [0.25, 0.3) is 0 Å². The highest BCUT2D eigenvalue weighted by Crippen LogP contribution is 2.23. The van der Waals surface area contributed by atoms with Gasteiger partial charge in [0.15, 0.2) is 0 Å². The first kappa shape index (κ1) is 19.0. The second-order valence-electron chi connectivity index (χ2n) is 4.96. The zero-order valence-corrected chi connectivity index (χ0v) is 13.5. The fraction of sp³-hybridized carbons (Fsp3) is 0.500. The molecule has 114 valence electrons. The standard InChI is InChI=1S/C14H21N3O.2ClH/c1-17(2)13-8-4-3-7-12(13)16-14(18)10-11-6-5-9-15-11;;/h3-4,7-8,11,15H,5-6,9-10H2,1-2H3,(H,16,18);2*1H. The molecule has 1 aliphatic heterocycles. The summed E-state index contributed by atoms with van der Waals surface area (Å²) in [6, 6.07) is 8.20. The Hall–Kier alpha value is -0.970. The number of nitrogens with zero attached hydrogens (tertiary/aromatic N) is 1. The Morgan fingerprint density at radius 2 is 2.05 bits per heavy atom. The van der Waals surface area contributed by atoms with E-state index in [4.69, 9.17) is 0 Å². The van der Waals surface area contributed by atoms with Gasteiger partial charge in [-0.05, 0) is 31.5 Å². The van der Waals surface area contributed by atoms with Crippen molar-refractivity contribution in [1.29, 1.82) is 0 Å². The van der Waals surface area contributed by atoms with Crippen molar-refractivity contribution in [3.8, 4) is 0 Å². The topological polar surface area (TPSA) is 44.4 Å². The van der Waals surface area contributed by atoms with E-state index in [2.05, 4.69) is 10.6 Å². The van der Waals surface area contributed by atoms with Gasteiger partial charge in [-0.15, -0.1) is 24.8 Å². The number of rotatable bonds is 4. The zero-order valence-electron chi connectivity index (χ0n) is 11.9. The Kier molecular flexibility index (Phi) is 8.62. The average Bonchev–Trinajstić information content (AvgIpc) is 2.82. The minimum Gasteiger partial charge on any atom is -0.376 e. The largest absolute Gasteiger partial charge is 0.376 e. The van der Waals surface area contributed by atoms with Crippen LogP contribution in [0.1, 0.15) is 19.3 Å². The maximum atomic E-state index is 12.0. The molecule has 0 saturated carbocycles. The summed E-state index contributed by atoms with van der Waals surface area (Å²) in [5.41, 5.74) is 1.91. The summed E-state index contributed by atoms with van der Waals surface area (Å²) in [5.74, 6) is 0.0868. The summed E-state index contributed by atoms with van der Waals surface area (Å²) in [6.45, 7) is 1.03. The van der Waals surface area contributed by atoms with E-state index >= 15 is 0 Å². The third-order valence-electron chi connectivity index (χ3n) is 3.25. The van der Waals surface area contributed by atoms with Crippen molar-refractivity contribution in [2.24, 2.45) is 0 Å². The molecule has 1 amide bonds. The van der Waals surface area contributed by atoms with Crippen LogP contribution in [0, 0.1) is 0 Å². The Morgan fingerprint density at radius 3 is 2.65 bits per heavy atom. The van der Waals surface area contributed by atoms with Crippen molar-refractivity contribution in [2.45, 2.75) is 25.3 Å². The van der Waals surface area contributed by atoms with Crippen molar-refractivity contribution in [3.63, 3.8) is 0 Å². The first-order chi connectivity index (χ1) is 8.66. The van der Waals surface area contributed by atoms with Crippen LogP contribution in [0.3, 0.4) is 0 Å². The number of amides is 1. The molecule has 2 N–H and O–H groups in total. The summed E-state index contributed by atoms with van der Waals surface area (Å²) in [6.07, 6.45) is 2.83. The van der Waals surface area contributed by atoms with Gasteiger partial charge < -0.3 is 15.5 Å². The third kappa shape index (κ3) is 5.19. The van der Waals surface area contributed by atoms with Gasteiger partial charge >= 0.3 is 0 Å². The lowest BCUT2D eigenvalue weighted by Gasteiger charge is -2.18. The highest BCUT2D eigenvalue weighted by atomic mass is 35.5. The quantitative estimate of drug-likeness (QED) is 0.896. The summed E-state index contributed by atoms with van der Waals surface area (Å²) < 4.78 is 0. The number of para-hydroxylation sites is 2. The monoisotopic (exact) mass is 319 g/mol. The van der Waals surface area contributed by atoms with Crippen molar-refractivity contribution in [3.05, 3.63) is 24.3 Å². The number of carbonyl (C=O) groups excluding carboxylic acids is 1. The van der Waals surface area contributed by atoms with E-state index in [1.54, 1.807) is 0 Å². The molecule has 1 heterocycles. The van der Waals surface area contributed by atoms with Crippen LogP contribution >= 0.6 is 24.8 Å². The van der Waals surface area contributed by atoms with Crippen LogP contribution in [0.25, 0.3) is 0 Å². The predicted octanol–water partition coefficient (Wildman–Crippen LogP) is 2.68. The molecular formula is C14H23Cl2N3O. The van der Waals surface area contributed by atoms with Crippen LogP contribution in [-0.2, 0) is 4.79 Å². The van der Waals surface area contributed by atoms with Gasteiger partial charge in [0.2, 0.25) is 5.91 Å². The minimum absolute atomic E-state index is 0. The van der Waals surface area contributed by atoms with E-state index in [1.165, 1.54) is 6.42 Å². The molecule has 0 bridgehead atoms. The molecule has 1 aliphatic rings. The molecule has 0 aromatic heterocycles. The Labute approximate surface area is 133 Å². The molecule has 20 heavy (non-hydrogen) atoms. The van der Waals surface area contributed by atoms with Crippen LogP contribution in [-0.4, -0.2) is 32.6 Å². The molecule has 0 spiro atoms. The molecule has 1 aromatic carbocycles. The van der Waals surface area contributed by atoms with Crippen LogP contribution in [0.15, 0.2) is 24.3 Å². The molecule has 1 atom stereocenters. The van der Waals surface area contributed by atoms with E-state index in [9.17, 15) is 4.79 Å². The van der Waals surface area contributed by atoms with Gasteiger partial charge in [-0.3, -0.25) is 4.79 Å². The number of anilines is 2. The first-order valence-corrected chi connectivity index (χ1v) is 6.46. The van der Waals surface area contributed by atoms with Crippen molar-refractivity contribution in [1.82, 2.24) is 5.32 Å². The lowest BCUT2D eigenvalue weighted by Crippen LogP contribution is -2.27. The number of nitrogens with one attached hydrogen (secondary N) is 2. The van der Waals surface area contributed by atoms with Crippen molar-refractivity contribution in [2.75, 3.05) is 30.9 Å². The lowest BCUT2D eigenvalue weighted by molar-refractivity contribution is -0.116. The van der Waals surface area contributed by atoms with Crippen LogP contribution in [0.5, 0.6) is 0 Å². The summed E-state index contributed by atoms with van der Waals surface area (Å²) in [7, 11) is 3.95. The highest BCUT2D eigenvalue weighted by molar-refractivity contribution is 5.94. The number of halogens is 2. The molecule has 1 unspecified atom stereocenters. The summed E-state index contributed by atoms with van der Waals surface area (Å²) >= 11 is 0. The molecule has 1 aromatic rings. The molecule has 2 rings (SSSR count). The van der Waals surface area contributed by atoms with E-state index in [0.29, 0.717) is 12.5 Å². The van der Waals surface area contributed by atoms with Gasteiger partial charge in [0.05, 0.1) is 11.4 Å². The van der Waals surface area contributed by atoms with Gasteiger partial charge in [0.1, 0.15) is 0 Å². The molecule has 0 aliphatic carbocycles. The second-order valence-corrected chi connectivity index (χ2v) is 4.96. The molecule has 1 fully saturated rings. The fourth-order valence-electron chi connectivity index (χ4n) is 2.33. The predicted molar refractivity (Wildman–Crippen MR) is 89.5 cm³/mol. The lowest BCUT2D eigenvalue weighted by atomic mass is 10.1. The van der Waals surface area contributed by atoms with Gasteiger partial charge in [-0.25, -0.2) is 0 Å². The number of benzene rings is 1. The molecule has 4 nitrogen and oxygen atoms in total. The Balaban J connectivity index is 0.00000180. The Bertz CT molecular complexity index is 421. The number of hydrogen-bond donors (Lipinski definition) is 2. The van der Waals surface area contributed by atoms with Crippen LogP contribution in [0.2, 0.25) is 0 Å². The SMILES string of the molecule is CN(C)c1ccccc1NC(=O)CC1CCCN1.Cl.Cl. The van der Waals surface area contributed by atoms with Gasteiger partial charge in [-0.1, -0.05) is 12.1 Å². The summed E-state index contributed by atoms with van der Waals surface area (Å²) in [5, 5.41) is 6.34. The molecule has 6 heteroatoms. The van der Waals surface area contributed by atoms with E-state index in [0.717, 1.165) is 24.3 Å². The molecular weight excluding hydrogens is 297 g/mol. The zero-order chi connectivity index (χ0) is 13.0. The van der Waals surface area contributed by atoms with Gasteiger partial charge in [-0.2, -0.15) is 0 Å². The maximum Gasteiger partial charge on any atom is 0.225 e. The first-order valence-electron chi connectivity index (χ1n) is 6.46. The van der Waals surface area contributed by atoms with E-state index < -0.39 is 0 Å². The van der Waals surface area contributed by atoms with Crippen LogP contribution < -0.4 is 15.5 Å². The van der Waals surface area contributed by atoms with Crippen LogP contribution in [0.4, 0.5) is 11.4 Å². The van der Waals surface area contributed by atoms with E-state index in [-0.39, 0.29) is 30.7 Å². The maximum absolute atomic E-state index is 12.0. The van der Waals surface area contributed by atoms with Crippen molar-refractivity contribution >= 4 is 42.1 Å². The summed E-state index contributed by atoms with van der Waals surface area (Å²) in [4.78, 5) is 14.0. The second kappa shape index (κ2) is 9.06. The smallest absolute Gasteiger partial charge is 0.225 e. The minimum atomic E-state index is 0. The number of hydrogen-bond acceptors (Lipinski definition) is 3. The molecule has 1 saturated heterocycles. The third-order valence-corrected chi connectivity index (χ3v) is 3.25. The van der Waals surface area contributed by atoms with Crippen molar-refractivity contribution < 1.29 is 4.79 Å². The molecule has 0 radical (unpaired) electrons. The fourth-order valence-corrected chi connectivity index (χ4v) is 2.33. The Morgan fingerprint density at radius 1 is 1.35 bits per heavy atom. The van der Waals surface area contributed by atoms with Gasteiger partial charge in [0, 0.05) is 26.6 Å². The highest BCUT2D eigenvalue weighted by Gasteiger charge is 2.18.